The van der Waals surface area contributed by atoms with Crippen LogP contribution in [0.2, 0.25) is 0 Å². The van der Waals surface area contributed by atoms with Gasteiger partial charge in [-0.2, -0.15) is 0 Å². The normalized spacial score (nSPS) is 11.6. The summed E-state index contributed by atoms with van der Waals surface area (Å²) >= 11 is 0.950. The predicted molar refractivity (Wildman–Crippen MR) is 39.6 cm³/mol. The second-order valence-electron chi connectivity index (χ2n) is 1.94. The molecule has 0 aromatic carbocycles. The van der Waals surface area contributed by atoms with Gasteiger partial charge < -0.3 is 17.7 Å². The summed E-state index contributed by atoms with van der Waals surface area (Å²) in [6.07, 6.45) is 0. The van der Waals surface area contributed by atoms with Gasteiger partial charge >= 0.3 is 6.98 Å². The Morgan fingerprint density at radius 3 is 2.45 bits per heavy atom. The number of rotatable bonds is 2. The number of methoxy groups -OCH3 is 1. The molecule has 1 aromatic rings. The summed E-state index contributed by atoms with van der Waals surface area (Å²) < 4.78 is 40.7. The Balaban J connectivity index is 3.02. The second kappa shape index (κ2) is 2.77. The maximum Gasteiger partial charge on any atom is 0.514 e. The molecule has 1 heterocycles. The van der Waals surface area contributed by atoms with Gasteiger partial charge in [0.2, 0.25) is 0 Å². The number of thiophene rings is 1. The number of halogens is 3. The minimum Gasteiger partial charge on any atom is -0.490 e. The molecule has 0 aliphatic heterocycles. The van der Waals surface area contributed by atoms with E-state index in [1.165, 1.54) is 12.5 Å². The van der Waals surface area contributed by atoms with Gasteiger partial charge in [-0.15, -0.1) is 11.3 Å². The summed E-state index contributed by atoms with van der Waals surface area (Å²) in [5, 5.41) is 1.31. The van der Waals surface area contributed by atoms with Crippen molar-refractivity contribution in [2.24, 2.45) is 0 Å². The van der Waals surface area contributed by atoms with Crippen LogP contribution in [0.1, 0.15) is 0 Å². The van der Waals surface area contributed by atoms with Gasteiger partial charge in [0.15, 0.2) is 0 Å². The van der Waals surface area contributed by atoms with Crippen molar-refractivity contribution in [1.29, 1.82) is 0 Å². The van der Waals surface area contributed by atoms with Gasteiger partial charge in [0.25, 0.3) is 0 Å². The van der Waals surface area contributed by atoms with E-state index in [1.807, 2.05) is 0 Å². The zero-order valence-electron chi connectivity index (χ0n) is 5.68. The van der Waals surface area contributed by atoms with E-state index >= 15 is 0 Å². The number of hydrogen-bond donors (Lipinski definition) is 0. The van der Waals surface area contributed by atoms with E-state index in [9.17, 15) is 12.9 Å². The van der Waals surface area contributed by atoms with Crippen molar-refractivity contribution in [3.63, 3.8) is 0 Å². The van der Waals surface area contributed by atoms with E-state index in [2.05, 4.69) is 4.74 Å². The molecule has 1 nitrogen and oxygen atoms in total. The average molecular weight is 181 g/mol. The zero-order chi connectivity index (χ0) is 8.48. The summed E-state index contributed by atoms with van der Waals surface area (Å²) in [7, 11) is 1.23. The smallest absolute Gasteiger partial charge is 0.490 e. The van der Waals surface area contributed by atoms with Gasteiger partial charge in [-0.05, 0) is 5.38 Å². The summed E-state index contributed by atoms with van der Waals surface area (Å²) in [5.74, 6) is 0. The van der Waals surface area contributed by atoms with Crippen LogP contribution in [0.5, 0.6) is 5.06 Å². The summed E-state index contributed by atoms with van der Waals surface area (Å²) in [6.45, 7) is -4.91. The first-order chi connectivity index (χ1) is 5.05. The Hall–Kier alpha value is -0.645. The van der Waals surface area contributed by atoms with E-state index in [4.69, 9.17) is 0 Å². The lowest BCUT2D eigenvalue weighted by Gasteiger charge is -2.13. The maximum absolute atomic E-state index is 12.1. The molecule has 0 saturated carbocycles. The molecule has 0 bridgehead atoms. The van der Waals surface area contributed by atoms with Crippen LogP contribution < -0.4 is 10.2 Å². The lowest BCUT2D eigenvalue weighted by Crippen LogP contribution is -2.33. The highest BCUT2D eigenvalue weighted by molar-refractivity contribution is 7.13. The predicted octanol–water partition coefficient (Wildman–Crippen LogP) is 1.81. The maximum atomic E-state index is 12.1. The molecule has 0 aliphatic carbocycles. The van der Waals surface area contributed by atoms with Crippen molar-refractivity contribution in [2.75, 3.05) is 7.11 Å². The third-order valence-electron chi connectivity index (χ3n) is 1.20. The first kappa shape index (κ1) is 8.45. The van der Waals surface area contributed by atoms with Crippen molar-refractivity contribution < 1.29 is 17.7 Å². The van der Waals surface area contributed by atoms with Gasteiger partial charge in [-0.1, -0.05) is 11.5 Å². The summed E-state index contributed by atoms with van der Waals surface area (Å²) in [4.78, 5) is 0. The molecular formula is C5H5BF3OS-. The number of hydrogen-bond acceptors (Lipinski definition) is 2. The molecule has 0 saturated heterocycles. The monoisotopic (exact) mass is 181 g/mol. The van der Waals surface area contributed by atoms with Crippen LogP contribution in [0.3, 0.4) is 0 Å². The Labute approximate surface area is 65.9 Å². The Morgan fingerprint density at radius 2 is 2.09 bits per heavy atom. The van der Waals surface area contributed by atoms with E-state index in [-0.39, 0.29) is 5.06 Å². The second-order valence-corrected chi connectivity index (χ2v) is 2.82. The molecule has 0 aliphatic rings. The van der Waals surface area contributed by atoms with Crippen LogP contribution >= 0.6 is 11.3 Å². The quantitative estimate of drug-likeness (QED) is 0.632. The van der Waals surface area contributed by atoms with Gasteiger partial charge in [0.05, 0.1) is 7.11 Å². The molecule has 6 heteroatoms. The van der Waals surface area contributed by atoms with Crippen molar-refractivity contribution in [1.82, 2.24) is 0 Å². The molecule has 11 heavy (non-hydrogen) atoms. The highest BCUT2D eigenvalue weighted by atomic mass is 32.1. The lowest BCUT2D eigenvalue weighted by atomic mass is 9.82. The zero-order valence-corrected chi connectivity index (χ0v) is 6.50. The first-order valence-electron chi connectivity index (χ1n) is 2.87. The molecule has 62 valence electrons. The van der Waals surface area contributed by atoms with Crippen LogP contribution in [0.15, 0.2) is 11.4 Å². The molecule has 1 aromatic heterocycles. The van der Waals surface area contributed by atoms with E-state index in [0.717, 1.165) is 17.4 Å². The first-order valence-corrected chi connectivity index (χ1v) is 3.75. The third kappa shape index (κ3) is 1.68. The fraction of sp³-hybridized carbons (Fsp3) is 0.200. The van der Waals surface area contributed by atoms with Crippen LogP contribution in [-0.2, 0) is 0 Å². The third-order valence-corrected chi connectivity index (χ3v) is 2.09. The van der Waals surface area contributed by atoms with Gasteiger partial charge in [-0.3, -0.25) is 0 Å². The van der Waals surface area contributed by atoms with Gasteiger partial charge in [0.1, 0.15) is 5.06 Å². The van der Waals surface area contributed by atoms with E-state index < -0.39 is 12.4 Å². The topological polar surface area (TPSA) is 9.23 Å². The minimum atomic E-state index is -4.91. The lowest BCUT2D eigenvalue weighted by molar-refractivity contribution is 0.424. The minimum absolute atomic E-state index is 0.0579. The molecule has 1 rings (SSSR count). The van der Waals surface area contributed by atoms with Crippen LogP contribution in [0, 0.1) is 0 Å². The van der Waals surface area contributed by atoms with Crippen molar-refractivity contribution in [2.45, 2.75) is 0 Å². The molecule has 0 radical (unpaired) electrons. The largest absolute Gasteiger partial charge is 0.514 e. The standard InChI is InChI=1S/C5H5BF3OS/c1-10-5-4(2-3-11-5)6(7,8)9/h2-3H,1H3/q-1. The number of ether oxygens (including phenoxy) is 1. The fourth-order valence-corrected chi connectivity index (χ4v) is 1.49. The van der Waals surface area contributed by atoms with Crippen molar-refractivity contribution in [3.05, 3.63) is 11.4 Å². The van der Waals surface area contributed by atoms with Crippen LogP contribution in [0.25, 0.3) is 0 Å². The Bertz CT molecular complexity index is 244. The molecule has 0 spiro atoms. The molecular weight excluding hydrogens is 176 g/mol. The van der Waals surface area contributed by atoms with E-state index in [0.29, 0.717) is 0 Å². The summed E-state index contributed by atoms with van der Waals surface area (Å²) in [6, 6.07) is 1.03. The van der Waals surface area contributed by atoms with Gasteiger partial charge in [-0.25, -0.2) is 0 Å². The highest BCUT2D eigenvalue weighted by Gasteiger charge is 2.29. The molecule has 0 fully saturated rings. The molecule has 0 amide bonds. The van der Waals surface area contributed by atoms with Crippen LogP contribution in [0.4, 0.5) is 12.9 Å². The van der Waals surface area contributed by atoms with Gasteiger partial charge in [0, 0.05) is 0 Å². The average Bonchev–Trinajstić information content (AvgIpc) is 2.31. The molecule has 0 N–H and O–H groups in total. The van der Waals surface area contributed by atoms with Crippen LogP contribution in [-0.4, -0.2) is 14.1 Å². The van der Waals surface area contributed by atoms with Crippen molar-refractivity contribution in [3.8, 4) is 5.06 Å². The van der Waals surface area contributed by atoms with Crippen molar-refractivity contribution >= 4 is 23.8 Å². The SMILES string of the molecule is COc1sccc1[B-](F)(F)F. The Morgan fingerprint density at radius 1 is 1.45 bits per heavy atom. The highest BCUT2D eigenvalue weighted by Crippen LogP contribution is 2.22. The molecule has 0 atom stereocenters. The Kier molecular flexibility index (Phi) is 2.13. The summed E-state index contributed by atoms with van der Waals surface area (Å²) in [5.41, 5.74) is -0.641. The molecule has 0 unspecified atom stereocenters. The van der Waals surface area contributed by atoms with E-state index in [1.54, 1.807) is 0 Å². The fourth-order valence-electron chi connectivity index (χ4n) is 0.714.